The average molecular weight is 263 g/mol. The third-order valence-electron chi connectivity index (χ3n) is 2.37. The van der Waals surface area contributed by atoms with E-state index in [0.717, 1.165) is 16.8 Å². The second kappa shape index (κ2) is 5.82. The maximum atomic E-state index is 5.69. The van der Waals surface area contributed by atoms with Crippen LogP contribution in [-0.2, 0) is 0 Å². The molecule has 96 valence electrons. The monoisotopic (exact) mass is 263 g/mol. The molecule has 0 bridgehead atoms. The predicted molar refractivity (Wildman–Crippen MR) is 76.6 cm³/mol. The summed E-state index contributed by atoms with van der Waals surface area (Å²) in [6, 6.07) is 2.07. The molecule has 2 heterocycles. The molecule has 0 saturated heterocycles. The third-order valence-corrected chi connectivity index (χ3v) is 3.31. The van der Waals surface area contributed by atoms with Crippen molar-refractivity contribution in [2.45, 2.75) is 20.8 Å². The molecule has 0 aliphatic carbocycles. The van der Waals surface area contributed by atoms with Gasteiger partial charge in [0.2, 0.25) is 11.8 Å². The number of nitrogens with zero attached hydrogens (tertiary/aromatic N) is 2. The van der Waals surface area contributed by atoms with Crippen molar-refractivity contribution in [3.8, 4) is 5.88 Å². The Kier molecular flexibility index (Phi) is 4.15. The topological polar surface area (TPSA) is 47.0 Å². The van der Waals surface area contributed by atoms with Crippen molar-refractivity contribution in [3.63, 3.8) is 0 Å². The van der Waals surface area contributed by atoms with Crippen LogP contribution in [0.3, 0.4) is 0 Å². The summed E-state index contributed by atoms with van der Waals surface area (Å²) in [4.78, 5) is 11.1. The molecule has 0 atom stereocenters. The maximum absolute atomic E-state index is 5.69. The Morgan fingerprint density at radius 3 is 3.00 bits per heavy atom. The van der Waals surface area contributed by atoms with Gasteiger partial charge < -0.3 is 10.1 Å². The number of fused-ring (bicyclic) bond motifs is 1. The summed E-state index contributed by atoms with van der Waals surface area (Å²) in [6.07, 6.45) is 3.92. The summed E-state index contributed by atoms with van der Waals surface area (Å²) in [5, 5.41) is 4.12. The first-order valence-corrected chi connectivity index (χ1v) is 6.82. The number of thiophene rings is 1. The molecule has 2 rings (SSSR count). The second-order valence-electron chi connectivity index (χ2n) is 3.84. The molecule has 0 aliphatic rings. The standard InChI is InChI=1S/C13H17N3OS/c1-4-6-7-17-11-10-8-9(3)18-12(10)16-13(15-11)14-5-2/h4,6,8H,5,7H2,1-3H3,(H,14,15,16)/b6-4+. The fourth-order valence-electron chi connectivity index (χ4n) is 1.59. The summed E-state index contributed by atoms with van der Waals surface area (Å²) in [7, 11) is 0. The highest BCUT2D eigenvalue weighted by Crippen LogP contribution is 2.30. The number of aryl methyl sites for hydroxylation is 1. The number of nitrogens with one attached hydrogen (secondary N) is 1. The smallest absolute Gasteiger partial charge is 0.227 e. The minimum absolute atomic E-state index is 0.531. The largest absolute Gasteiger partial charge is 0.473 e. The van der Waals surface area contributed by atoms with Crippen LogP contribution in [0.25, 0.3) is 10.2 Å². The molecule has 0 radical (unpaired) electrons. The van der Waals surface area contributed by atoms with Crippen molar-refractivity contribution < 1.29 is 4.74 Å². The van der Waals surface area contributed by atoms with Crippen molar-refractivity contribution in [2.75, 3.05) is 18.5 Å². The van der Waals surface area contributed by atoms with Gasteiger partial charge in [0.15, 0.2) is 0 Å². The van der Waals surface area contributed by atoms with Gasteiger partial charge in [-0.15, -0.1) is 11.3 Å². The lowest BCUT2D eigenvalue weighted by molar-refractivity contribution is 0.353. The van der Waals surface area contributed by atoms with E-state index in [0.29, 0.717) is 18.4 Å². The molecule has 0 unspecified atom stereocenters. The van der Waals surface area contributed by atoms with Crippen LogP contribution in [0.4, 0.5) is 5.95 Å². The third kappa shape index (κ3) is 2.79. The van der Waals surface area contributed by atoms with Gasteiger partial charge in [0.05, 0.1) is 5.39 Å². The normalized spacial score (nSPS) is 11.3. The Labute approximate surface area is 111 Å². The Balaban J connectivity index is 2.39. The van der Waals surface area contributed by atoms with Crippen LogP contribution in [-0.4, -0.2) is 23.1 Å². The lowest BCUT2D eigenvalue weighted by Crippen LogP contribution is -2.04. The molecule has 4 nitrogen and oxygen atoms in total. The molecular formula is C13H17N3OS. The molecule has 1 N–H and O–H groups in total. The highest BCUT2D eigenvalue weighted by Gasteiger charge is 2.10. The Hall–Kier alpha value is -1.62. The Bertz CT molecular complexity index is 563. The van der Waals surface area contributed by atoms with E-state index in [1.807, 2.05) is 26.0 Å². The first kappa shape index (κ1) is 12.8. The predicted octanol–water partition coefficient (Wildman–Crippen LogP) is 3.39. The van der Waals surface area contributed by atoms with E-state index in [4.69, 9.17) is 4.74 Å². The van der Waals surface area contributed by atoms with Crippen LogP contribution in [0.5, 0.6) is 5.88 Å². The number of ether oxygens (including phenoxy) is 1. The molecule has 0 saturated carbocycles. The molecule has 5 heteroatoms. The van der Waals surface area contributed by atoms with Gasteiger partial charge in [0, 0.05) is 11.4 Å². The summed E-state index contributed by atoms with van der Waals surface area (Å²) in [5.41, 5.74) is 0. The van der Waals surface area contributed by atoms with E-state index in [1.54, 1.807) is 11.3 Å². The van der Waals surface area contributed by atoms with Crippen LogP contribution in [0.15, 0.2) is 18.2 Å². The van der Waals surface area contributed by atoms with E-state index in [2.05, 4.69) is 28.3 Å². The van der Waals surface area contributed by atoms with Gasteiger partial charge in [0.25, 0.3) is 0 Å². The summed E-state index contributed by atoms with van der Waals surface area (Å²) >= 11 is 1.66. The van der Waals surface area contributed by atoms with Crippen molar-refractivity contribution in [1.82, 2.24) is 9.97 Å². The summed E-state index contributed by atoms with van der Waals surface area (Å²) in [5.74, 6) is 1.28. The molecule has 0 spiro atoms. The van der Waals surface area contributed by atoms with Crippen LogP contribution in [0, 0.1) is 6.92 Å². The van der Waals surface area contributed by atoms with Crippen LogP contribution >= 0.6 is 11.3 Å². The quantitative estimate of drug-likeness (QED) is 0.840. The molecule has 2 aromatic rings. The molecular weight excluding hydrogens is 246 g/mol. The maximum Gasteiger partial charge on any atom is 0.227 e. The van der Waals surface area contributed by atoms with Gasteiger partial charge in [-0.2, -0.15) is 4.98 Å². The van der Waals surface area contributed by atoms with Crippen molar-refractivity contribution in [2.24, 2.45) is 0 Å². The zero-order chi connectivity index (χ0) is 13.0. The fourth-order valence-corrected chi connectivity index (χ4v) is 2.46. The van der Waals surface area contributed by atoms with E-state index >= 15 is 0 Å². The molecule has 0 aliphatic heterocycles. The van der Waals surface area contributed by atoms with E-state index in [1.165, 1.54) is 4.88 Å². The lowest BCUT2D eigenvalue weighted by Gasteiger charge is -2.06. The number of hydrogen-bond donors (Lipinski definition) is 1. The van der Waals surface area contributed by atoms with Gasteiger partial charge in [0.1, 0.15) is 11.4 Å². The lowest BCUT2D eigenvalue weighted by atomic mass is 10.3. The second-order valence-corrected chi connectivity index (χ2v) is 5.07. The van der Waals surface area contributed by atoms with Crippen molar-refractivity contribution in [3.05, 3.63) is 23.1 Å². The van der Waals surface area contributed by atoms with Crippen LogP contribution in [0.2, 0.25) is 0 Å². The van der Waals surface area contributed by atoms with Gasteiger partial charge in [-0.25, -0.2) is 4.98 Å². The number of anilines is 1. The van der Waals surface area contributed by atoms with Crippen molar-refractivity contribution in [1.29, 1.82) is 0 Å². The van der Waals surface area contributed by atoms with Crippen molar-refractivity contribution >= 4 is 27.5 Å². The molecule has 2 aromatic heterocycles. The number of rotatable bonds is 5. The summed E-state index contributed by atoms with van der Waals surface area (Å²) in [6.45, 7) is 7.38. The minimum atomic E-state index is 0.531. The molecule has 18 heavy (non-hydrogen) atoms. The SMILES string of the molecule is C/C=C/COc1nc(NCC)nc2sc(C)cc12. The van der Waals surface area contributed by atoms with Crippen LogP contribution in [0.1, 0.15) is 18.7 Å². The first-order chi connectivity index (χ1) is 8.74. The van der Waals surface area contributed by atoms with Gasteiger partial charge in [-0.1, -0.05) is 12.2 Å². The van der Waals surface area contributed by atoms with Crippen LogP contribution < -0.4 is 10.1 Å². The molecule has 0 aromatic carbocycles. The van der Waals surface area contributed by atoms with Gasteiger partial charge in [-0.05, 0) is 26.8 Å². The highest BCUT2D eigenvalue weighted by molar-refractivity contribution is 7.18. The number of aromatic nitrogens is 2. The van der Waals surface area contributed by atoms with E-state index < -0.39 is 0 Å². The number of hydrogen-bond acceptors (Lipinski definition) is 5. The summed E-state index contributed by atoms with van der Waals surface area (Å²) < 4.78 is 5.69. The Morgan fingerprint density at radius 2 is 2.28 bits per heavy atom. The molecule has 0 amide bonds. The zero-order valence-electron chi connectivity index (χ0n) is 10.9. The Morgan fingerprint density at radius 1 is 1.44 bits per heavy atom. The molecule has 0 fully saturated rings. The van der Waals surface area contributed by atoms with E-state index in [9.17, 15) is 0 Å². The van der Waals surface area contributed by atoms with Gasteiger partial charge in [-0.3, -0.25) is 0 Å². The highest BCUT2D eigenvalue weighted by atomic mass is 32.1. The van der Waals surface area contributed by atoms with Gasteiger partial charge >= 0.3 is 0 Å². The number of allylic oxidation sites excluding steroid dienone is 1. The minimum Gasteiger partial charge on any atom is -0.473 e. The van der Waals surface area contributed by atoms with E-state index in [-0.39, 0.29) is 0 Å². The zero-order valence-corrected chi connectivity index (χ0v) is 11.7. The first-order valence-electron chi connectivity index (χ1n) is 6.00. The average Bonchev–Trinajstić information content (AvgIpc) is 2.70. The fraction of sp³-hybridized carbons (Fsp3) is 0.385.